The quantitative estimate of drug-likeness (QED) is 0.399. The lowest BCUT2D eigenvalue weighted by Crippen LogP contribution is -2.45. The molecular weight excluding hydrogens is 314 g/mol. The number of para-hydroxylation sites is 1. The van der Waals surface area contributed by atoms with Crippen LogP contribution in [-0.4, -0.2) is 50.1 Å². The highest BCUT2D eigenvalue weighted by atomic mass is 16.1. The van der Waals surface area contributed by atoms with Gasteiger partial charge in [-0.2, -0.15) is 5.26 Å². The fourth-order valence-electron chi connectivity index (χ4n) is 2.78. The van der Waals surface area contributed by atoms with Gasteiger partial charge in [0.05, 0.1) is 0 Å². The van der Waals surface area contributed by atoms with Gasteiger partial charge in [-0.05, 0) is 17.5 Å². The molecule has 0 aliphatic carbocycles. The molecule has 1 aliphatic rings. The van der Waals surface area contributed by atoms with E-state index in [-0.39, 0.29) is 11.5 Å². The molecule has 1 aromatic carbocycles. The third-order valence-electron chi connectivity index (χ3n) is 4.22. The van der Waals surface area contributed by atoms with E-state index in [0.717, 1.165) is 44.0 Å². The van der Waals surface area contributed by atoms with Crippen molar-refractivity contribution in [1.82, 2.24) is 15.5 Å². The van der Waals surface area contributed by atoms with Gasteiger partial charge in [0.25, 0.3) is 5.91 Å². The van der Waals surface area contributed by atoms with Crippen LogP contribution in [0.3, 0.4) is 0 Å². The minimum Gasteiger partial charge on any atom is -0.388 e. The van der Waals surface area contributed by atoms with E-state index in [1.165, 1.54) is 6.20 Å². The second-order valence-electron chi connectivity index (χ2n) is 6.41. The number of carbonyl (C=O) groups excluding carboxylic acids is 1. The van der Waals surface area contributed by atoms with E-state index in [4.69, 9.17) is 0 Å². The molecule has 1 aliphatic heterocycles. The van der Waals surface area contributed by atoms with E-state index in [1.807, 2.05) is 30.3 Å². The first-order valence-electron chi connectivity index (χ1n) is 8.79. The lowest BCUT2D eigenvalue weighted by Gasteiger charge is -2.26. The monoisotopic (exact) mass is 341 g/mol. The normalized spacial score (nSPS) is 15.7. The number of nitrogens with one attached hydrogen (secondary N) is 3. The smallest absolute Gasteiger partial charge is 0.267 e. The van der Waals surface area contributed by atoms with Crippen molar-refractivity contribution in [3.05, 3.63) is 41.6 Å². The van der Waals surface area contributed by atoms with Crippen molar-refractivity contribution in [3.63, 3.8) is 0 Å². The van der Waals surface area contributed by atoms with Crippen molar-refractivity contribution in [1.29, 1.82) is 5.26 Å². The summed E-state index contributed by atoms with van der Waals surface area (Å²) in [5.74, 6) is -0.0894. The summed E-state index contributed by atoms with van der Waals surface area (Å²) < 4.78 is 0. The van der Waals surface area contributed by atoms with Crippen LogP contribution in [-0.2, 0) is 4.79 Å². The van der Waals surface area contributed by atoms with Crippen LogP contribution in [0.5, 0.6) is 0 Å². The summed E-state index contributed by atoms with van der Waals surface area (Å²) in [6.45, 7) is 9.84. The average Bonchev–Trinajstić information content (AvgIpc) is 2.63. The number of benzene rings is 1. The molecule has 0 bridgehead atoms. The van der Waals surface area contributed by atoms with Crippen LogP contribution < -0.4 is 16.0 Å². The Morgan fingerprint density at radius 1 is 1.36 bits per heavy atom. The Hall–Kier alpha value is -2.36. The molecular formula is C19H27N5O. The first-order valence-corrected chi connectivity index (χ1v) is 8.79. The lowest BCUT2D eigenvalue weighted by atomic mass is 10.0. The summed E-state index contributed by atoms with van der Waals surface area (Å²) in [5.41, 5.74) is 1.89. The molecule has 6 heteroatoms. The summed E-state index contributed by atoms with van der Waals surface area (Å²) in [6, 6.07) is 9.65. The van der Waals surface area contributed by atoms with Gasteiger partial charge in [0.15, 0.2) is 0 Å². The molecule has 25 heavy (non-hydrogen) atoms. The molecule has 0 saturated carbocycles. The van der Waals surface area contributed by atoms with E-state index in [9.17, 15) is 10.1 Å². The maximum Gasteiger partial charge on any atom is 0.267 e. The molecule has 2 rings (SSSR count). The number of nitrogens with zero attached hydrogens (tertiary/aromatic N) is 2. The summed E-state index contributed by atoms with van der Waals surface area (Å²) in [4.78, 5) is 14.7. The highest BCUT2D eigenvalue weighted by molar-refractivity contribution is 6.06. The molecule has 1 aromatic rings. The van der Waals surface area contributed by atoms with E-state index >= 15 is 0 Å². The van der Waals surface area contributed by atoms with Gasteiger partial charge in [0.1, 0.15) is 11.6 Å². The first-order chi connectivity index (χ1) is 12.1. The highest BCUT2D eigenvalue weighted by Crippen LogP contribution is 2.23. The minimum absolute atomic E-state index is 0.0823. The predicted octanol–water partition coefficient (Wildman–Crippen LogP) is 1.65. The fourth-order valence-corrected chi connectivity index (χ4v) is 2.78. The summed E-state index contributed by atoms with van der Waals surface area (Å²) in [7, 11) is 0. The van der Waals surface area contributed by atoms with Crippen LogP contribution in [0, 0.1) is 11.3 Å². The number of nitriles is 1. The lowest BCUT2D eigenvalue weighted by molar-refractivity contribution is -0.112. The number of rotatable bonds is 7. The van der Waals surface area contributed by atoms with Gasteiger partial charge in [0, 0.05) is 51.2 Å². The molecule has 134 valence electrons. The minimum atomic E-state index is -0.384. The average molecular weight is 341 g/mol. The number of piperazine rings is 1. The van der Waals surface area contributed by atoms with E-state index in [1.54, 1.807) is 0 Å². The third-order valence-corrected chi connectivity index (χ3v) is 4.22. The summed E-state index contributed by atoms with van der Waals surface area (Å²) in [5, 5.41) is 18.5. The zero-order chi connectivity index (χ0) is 18.1. The number of anilines is 1. The third kappa shape index (κ3) is 5.89. The molecule has 1 heterocycles. The van der Waals surface area contributed by atoms with E-state index < -0.39 is 0 Å². The van der Waals surface area contributed by atoms with Crippen LogP contribution in [0.1, 0.15) is 25.3 Å². The maximum absolute atomic E-state index is 12.4. The van der Waals surface area contributed by atoms with Gasteiger partial charge in [0.2, 0.25) is 0 Å². The Kier molecular flexibility index (Phi) is 7.45. The van der Waals surface area contributed by atoms with Gasteiger partial charge in [-0.15, -0.1) is 0 Å². The van der Waals surface area contributed by atoms with Crippen molar-refractivity contribution in [2.45, 2.75) is 19.8 Å². The Bertz CT molecular complexity index is 641. The van der Waals surface area contributed by atoms with Crippen LogP contribution in [0.15, 0.2) is 36.0 Å². The van der Waals surface area contributed by atoms with Crippen LogP contribution in [0.4, 0.5) is 5.69 Å². The Balaban J connectivity index is 1.88. The molecule has 0 aromatic heterocycles. The van der Waals surface area contributed by atoms with E-state index in [0.29, 0.717) is 12.5 Å². The number of hydrogen-bond donors (Lipinski definition) is 3. The van der Waals surface area contributed by atoms with Gasteiger partial charge < -0.3 is 16.0 Å². The zero-order valence-electron chi connectivity index (χ0n) is 15.0. The van der Waals surface area contributed by atoms with Gasteiger partial charge >= 0.3 is 0 Å². The molecule has 1 fully saturated rings. The summed E-state index contributed by atoms with van der Waals surface area (Å²) >= 11 is 0. The number of carbonyl (C=O) groups is 1. The molecule has 0 atom stereocenters. The van der Waals surface area contributed by atoms with Gasteiger partial charge in [-0.25, -0.2) is 0 Å². The fraction of sp³-hybridized carbons (Fsp3) is 0.474. The molecule has 6 nitrogen and oxygen atoms in total. The Labute approximate surface area is 149 Å². The van der Waals surface area contributed by atoms with Crippen molar-refractivity contribution < 1.29 is 4.79 Å². The second kappa shape index (κ2) is 9.82. The second-order valence-corrected chi connectivity index (χ2v) is 6.41. The van der Waals surface area contributed by atoms with Crippen LogP contribution in [0.25, 0.3) is 0 Å². The van der Waals surface area contributed by atoms with Crippen molar-refractivity contribution in [2.24, 2.45) is 0 Å². The zero-order valence-corrected chi connectivity index (χ0v) is 15.0. The molecule has 1 amide bonds. The van der Waals surface area contributed by atoms with Crippen molar-refractivity contribution in [2.75, 3.05) is 44.6 Å². The largest absolute Gasteiger partial charge is 0.388 e. The predicted molar refractivity (Wildman–Crippen MR) is 100 cm³/mol. The molecule has 0 spiro atoms. The van der Waals surface area contributed by atoms with Gasteiger partial charge in [-0.3, -0.25) is 9.69 Å². The topological polar surface area (TPSA) is 80.2 Å². The maximum atomic E-state index is 12.4. The first kappa shape index (κ1) is 19.0. The Morgan fingerprint density at radius 3 is 2.76 bits per heavy atom. The SMILES string of the molecule is CC(C)c1ccccc1NC(=O)/C(C#N)=C\NCCN1CCNCC1. The molecule has 0 unspecified atom stereocenters. The van der Waals surface area contributed by atoms with Crippen molar-refractivity contribution in [3.8, 4) is 6.07 Å². The summed E-state index contributed by atoms with van der Waals surface area (Å²) in [6.07, 6.45) is 1.51. The van der Waals surface area contributed by atoms with Crippen LogP contribution >= 0.6 is 0 Å². The molecule has 0 radical (unpaired) electrons. The standard InChI is InChI=1S/C19H27N5O/c1-15(2)17-5-3-4-6-18(17)23-19(25)16(13-20)14-22-9-12-24-10-7-21-8-11-24/h3-6,14-15,21-22H,7-12H2,1-2H3,(H,23,25)/b16-14-. The van der Waals surface area contributed by atoms with Crippen molar-refractivity contribution >= 4 is 11.6 Å². The van der Waals surface area contributed by atoms with Crippen LogP contribution in [0.2, 0.25) is 0 Å². The highest BCUT2D eigenvalue weighted by Gasteiger charge is 2.13. The van der Waals surface area contributed by atoms with E-state index in [2.05, 4.69) is 34.7 Å². The Morgan fingerprint density at radius 2 is 2.08 bits per heavy atom. The number of amides is 1. The van der Waals surface area contributed by atoms with Gasteiger partial charge in [-0.1, -0.05) is 32.0 Å². The number of hydrogen-bond acceptors (Lipinski definition) is 5. The molecule has 1 saturated heterocycles. The molecule has 3 N–H and O–H groups in total.